The van der Waals surface area contributed by atoms with Gasteiger partial charge >= 0.3 is 0 Å². The van der Waals surface area contributed by atoms with Crippen molar-refractivity contribution < 1.29 is 19.1 Å². The maximum atomic E-state index is 12.1. The van der Waals surface area contributed by atoms with E-state index in [1.54, 1.807) is 26.0 Å². The molecular formula is C13H16N2O4S. The summed E-state index contributed by atoms with van der Waals surface area (Å²) in [5.74, 6) is -0.414. The number of nitrogens with one attached hydrogen (secondary N) is 1. The van der Waals surface area contributed by atoms with E-state index in [-0.39, 0.29) is 0 Å². The van der Waals surface area contributed by atoms with E-state index in [1.165, 1.54) is 0 Å². The summed E-state index contributed by atoms with van der Waals surface area (Å²) >= 11 is 0. The summed E-state index contributed by atoms with van der Waals surface area (Å²) in [7, 11) is -1.57. The van der Waals surface area contributed by atoms with Crippen molar-refractivity contribution in [1.29, 1.82) is 0 Å². The molecule has 1 amide bonds. The smallest absolute Gasteiger partial charge is 0.266 e. The topological polar surface area (TPSA) is 78.9 Å². The number of hydrogen-bond acceptors (Lipinski definition) is 4. The Morgan fingerprint density at radius 3 is 2.45 bits per heavy atom. The first-order chi connectivity index (χ1) is 9.45. The highest BCUT2D eigenvalue weighted by Crippen LogP contribution is 2.27. The Morgan fingerprint density at radius 1 is 1.30 bits per heavy atom. The molecule has 0 fully saturated rings. The lowest BCUT2D eigenvalue weighted by Crippen LogP contribution is -2.47. The van der Waals surface area contributed by atoms with Gasteiger partial charge in [-0.05, 0) is 38.5 Å². The maximum absolute atomic E-state index is 12.1. The van der Waals surface area contributed by atoms with Gasteiger partial charge in [-0.2, -0.15) is 0 Å². The summed E-state index contributed by atoms with van der Waals surface area (Å²) in [6, 6.07) is 6.96. The number of carbonyl (C=O) groups excluding carboxylic acids is 1. The lowest BCUT2D eigenvalue weighted by Gasteiger charge is -2.21. The molecule has 1 unspecified atom stereocenters. The summed E-state index contributed by atoms with van der Waals surface area (Å²) in [5.41, 5.74) is 4.58. The highest BCUT2D eigenvalue weighted by atomic mass is 32.2. The number of aryl methyl sites for hydroxylation is 1. The van der Waals surface area contributed by atoms with Gasteiger partial charge in [0.25, 0.3) is 5.91 Å². The van der Waals surface area contributed by atoms with Gasteiger partial charge in [0.05, 0.1) is 0 Å². The number of carbonyl (C=O) groups is 1. The van der Waals surface area contributed by atoms with Crippen LogP contribution in [0.1, 0.15) is 29.8 Å². The molecule has 7 heteroatoms. The number of allylic oxidation sites excluding steroid dienone is 1. The van der Waals surface area contributed by atoms with Crippen LogP contribution in [-0.4, -0.2) is 26.0 Å². The van der Waals surface area contributed by atoms with E-state index in [0.29, 0.717) is 16.0 Å². The largest absolute Gasteiger partial charge is 0.270 e. The first kappa shape index (κ1) is 14.9. The monoisotopic (exact) mass is 296 g/mol. The van der Waals surface area contributed by atoms with Crippen LogP contribution in [0.5, 0.6) is 0 Å². The highest BCUT2D eigenvalue weighted by molar-refractivity contribution is 7.86. The first-order valence-corrected chi connectivity index (χ1v) is 7.12. The van der Waals surface area contributed by atoms with Gasteiger partial charge in [0.15, 0.2) is 6.23 Å². The van der Waals surface area contributed by atoms with E-state index >= 15 is 0 Å². The summed E-state index contributed by atoms with van der Waals surface area (Å²) in [6.45, 7) is 5.27. The van der Waals surface area contributed by atoms with E-state index in [1.807, 2.05) is 19.1 Å². The summed E-state index contributed by atoms with van der Waals surface area (Å²) < 4.78 is 13.2. The number of hydrazine groups is 1. The second-order valence-corrected chi connectivity index (χ2v) is 6.08. The number of amides is 1. The average Bonchev–Trinajstić information content (AvgIpc) is 2.64. The van der Waals surface area contributed by atoms with Crippen molar-refractivity contribution in [3.05, 3.63) is 45.9 Å². The second kappa shape index (κ2) is 5.84. The third-order valence-corrected chi connectivity index (χ3v) is 4.69. The predicted octanol–water partition coefficient (Wildman–Crippen LogP) is 1.73. The predicted molar refractivity (Wildman–Crippen MR) is 74.5 cm³/mol. The van der Waals surface area contributed by atoms with E-state index in [2.05, 4.69) is 10.3 Å². The van der Waals surface area contributed by atoms with Crippen LogP contribution in [0, 0.1) is 6.92 Å². The summed E-state index contributed by atoms with van der Waals surface area (Å²) in [6.07, 6.45) is -0.940. The number of hydrogen-bond donors (Lipinski definition) is 2. The molecule has 108 valence electrons. The van der Waals surface area contributed by atoms with Crippen molar-refractivity contribution in [2.24, 2.45) is 0 Å². The van der Waals surface area contributed by atoms with Crippen LogP contribution in [0.3, 0.4) is 0 Å². The average molecular weight is 296 g/mol. The SMILES string of the molecule is CC1=C(C)S(=O)N(NC(=O)c2ccc(C)cc2)[C@H]1OO. The molecule has 2 rings (SSSR count). The lowest BCUT2D eigenvalue weighted by atomic mass is 10.1. The molecule has 6 nitrogen and oxygen atoms in total. The fraction of sp³-hybridized carbons (Fsp3) is 0.308. The van der Waals surface area contributed by atoms with E-state index in [9.17, 15) is 9.00 Å². The molecule has 0 saturated carbocycles. The Morgan fingerprint density at radius 2 is 1.90 bits per heavy atom. The molecule has 1 aliphatic rings. The number of nitrogens with zero attached hydrogens (tertiary/aromatic N) is 1. The zero-order valence-corrected chi connectivity index (χ0v) is 12.2. The van der Waals surface area contributed by atoms with Crippen LogP contribution >= 0.6 is 0 Å². The van der Waals surface area contributed by atoms with Crippen molar-refractivity contribution >= 4 is 16.9 Å². The van der Waals surface area contributed by atoms with E-state index < -0.39 is 23.1 Å². The highest BCUT2D eigenvalue weighted by Gasteiger charge is 2.37. The zero-order chi connectivity index (χ0) is 14.9. The molecule has 20 heavy (non-hydrogen) atoms. The molecule has 0 bridgehead atoms. The van der Waals surface area contributed by atoms with Gasteiger partial charge < -0.3 is 0 Å². The fourth-order valence-electron chi connectivity index (χ4n) is 1.81. The molecule has 0 saturated heterocycles. The van der Waals surface area contributed by atoms with Gasteiger partial charge in [-0.15, -0.1) is 0 Å². The van der Waals surface area contributed by atoms with Crippen LogP contribution in [0.15, 0.2) is 34.7 Å². The maximum Gasteiger partial charge on any atom is 0.266 e. The Labute approximate surface area is 119 Å². The van der Waals surface area contributed by atoms with Crippen LogP contribution in [0.4, 0.5) is 0 Å². The van der Waals surface area contributed by atoms with Gasteiger partial charge in [0.2, 0.25) is 0 Å². The van der Waals surface area contributed by atoms with Crippen LogP contribution < -0.4 is 5.43 Å². The van der Waals surface area contributed by atoms with Crippen LogP contribution in [0.25, 0.3) is 0 Å². The molecule has 1 aromatic rings. The molecule has 2 atom stereocenters. The minimum absolute atomic E-state index is 0.414. The van der Waals surface area contributed by atoms with Gasteiger partial charge in [-0.1, -0.05) is 22.1 Å². The van der Waals surface area contributed by atoms with Gasteiger partial charge in [0, 0.05) is 10.5 Å². The standard InChI is InChI=1S/C13H16N2O4S/c1-8-4-6-11(7-5-8)12(16)14-15-13(19-17)9(2)10(3)20(15)18/h4-7,13,17H,1-3H3,(H,14,16)/t13-,20?/m0/s1. The molecule has 0 aliphatic carbocycles. The number of benzene rings is 1. The zero-order valence-electron chi connectivity index (χ0n) is 11.4. The number of rotatable bonds is 3. The Balaban J connectivity index is 2.16. The van der Waals surface area contributed by atoms with Crippen molar-refractivity contribution in [1.82, 2.24) is 9.84 Å². The molecule has 0 radical (unpaired) electrons. The molecule has 1 aliphatic heterocycles. The van der Waals surface area contributed by atoms with Crippen molar-refractivity contribution in [2.45, 2.75) is 27.0 Å². The quantitative estimate of drug-likeness (QED) is 0.657. The van der Waals surface area contributed by atoms with Crippen molar-refractivity contribution in [2.75, 3.05) is 0 Å². The first-order valence-electron chi connectivity index (χ1n) is 6.02. The third-order valence-electron chi connectivity index (χ3n) is 3.20. The Hall–Kier alpha value is -1.54. The van der Waals surface area contributed by atoms with Gasteiger partial charge in [-0.3, -0.25) is 10.2 Å². The van der Waals surface area contributed by atoms with E-state index in [0.717, 1.165) is 9.98 Å². The molecular weight excluding hydrogens is 280 g/mol. The molecule has 0 spiro atoms. The lowest BCUT2D eigenvalue weighted by molar-refractivity contribution is -0.291. The minimum atomic E-state index is -1.57. The molecule has 2 N–H and O–H groups in total. The van der Waals surface area contributed by atoms with Crippen LogP contribution in [-0.2, 0) is 15.9 Å². The van der Waals surface area contributed by atoms with E-state index in [4.69, 9.17) is 5.26 Å². The minimum Gasteiger partial charge on any atom is -0.270 e. The van der Waals surface area contributed by atoms with Crippen LogP contribution in [0.2, 0.25) is 0 Å². The Kier molecular flexibility index (Phi) is 4.34. The Bertz CT molecular complexity index is 583. The van der Waals surface area contributed by atoms with Crippen molar-refractivity contribution in [3.63, 3.8) is 0 Å². The molecule has 1 heterocycles. The second-order valence-electron chi connectivity index (χ2n) is 4.58. The third kappa shape index (κ3) is 2.66. The molecule has 0 aromatic heterocycles. The van der Waals surface area contributed by atoms with Gasteiger partial charge in [0.1, 0.15) is 11.0 Å². The molecule has 1 aromatic carbocycles. The summed E-state index contributed by atoms with van der Waals surface area (Å²) in [5, 5.41) is 8.90. The van der Waals surface area contributed by atoms with Crippen molar-refractivity contribution in [3.8, 4) is 0 Å². The van der Waals surface area contributed by atoms with Gasteiger partial charge in [-0.25, -0.2) is 14.4 Å². The normalized spacial score (nSPS) is 23.2. The fourth-order valence-corrected chi connectivity index (χ4v) is 3.02. The summed E-state index contributed by atoms with van der Waals surface area (Å²) in [4.78, 5) is 16.9.